The second-order valence-corrected chi connectivity index (χ2v) is 5.63. The molecule has 2 aromatic carbocycles. The van der Waals surface area contributed by atoms with Gasteiger partial charge >= 0.3 is 5.97 Å². The van der Waals surface area contributed by atoms with Crippen LogP contribution in [0.5, 0.6) is 17.2 Å². The van der Waals surface area contributed by atoms with Gasteiger partial charge in [0.15, 0.2) is 11.5 Å². The number of ether oxygens (including phenoxy) is 4. The van der Waals surface area contributed by atoms with E-state index >= 15 is 0 Å². The van der Waals surface area contributed by atoms with E-state index in [-0.39, 0.29) is 5.97 Å². The molecule has 6 heteroatoms. The molecule has 0 saturated carbocycles. The molecule has 0 aliphatic rings. The van der Waals surface area contributed by atoms with Crippen molar-refractivity contribution in [3.05, 3.63) is 53.7 Å². The number of hydrogen-bond donors (Lipinski definition) is 1. The largest absolute Gasteiger partial charge is 0.497 e. The van der Waals surface area contributed by atoms with E-state index in [0.29, 0.717) is 30.4 Å². The molecule has 1 N–H and O–H groups in total. The van der Waals surface area contributed by atoms with Crippen LogP contribution in [0.2, 0.25) is 0 Å². The third-order valence-electron chi connectivity index (χ3n) is 3.95. The summed E-state index contributed by atoms with van der Waals surface area (Å²) < 4.78 is 21.5. The standard InChI is InChI=1S/C20H21NO5/c1-4-25-20(22)17-9-14-10-19(18(24-3)11-16(14)21-17)26-12-13-5-7-15(23-2)8-6-13/h5-11,21H,4,12H2,1-3H3. The number of carbonyl (C=O) groups excluding carboxylic acids is 1. The molecular weight excluding hydrogens is 334 g/mol. The highest BCUT2D eigenvalue weighted by atomic mass is 16.5. The van der Waals surface area contributed by atoms with Crippen molar-refractivity contribution in [3.63, 3.8) is 0 Å². The van der Waals surface area contributed by atoms with E-state index in [2.05, 4.69) is 4.98 Å². The van der Waals surface area contributed by atoms with Crippen molar-refractivity contribution in [2.45, 2.75) is 13.5 Å². The molecule has 6 nitrogen and oxygen atoms in total. The van der Waals surface area contributed by atoms with Gasteiger partial charge in [-0.2, -0.15) is 0 Å². The molecule has 3 aromatic rings. The van der Waals surface area contributed by atoms with E-state index in [1.54, 1.807) is 33.3 Å². The number of hydrogen-bond acceptors (Lipinski definition) is 5. The fourth-order valence-corrected chi connectivity index (χ4v) is 2.61. The van der Waals surface area contributed by atoms with Crippen LogP contribution in [0, 0.1) is 0 Å². The number of rotatable bonds is 7. The van der Waals surface area contributed by atoms with Crippen LogP contribution < -0.4 is 14.2 Å². The summed E-state index contributed by atoms with van der Waals surface area (Å²) in [5.74, 6) is 1.60. The molecule has 0 unspecified atom stereocenters. The Morgan fingerprint density at radius 3 is 2.42 bits per heavy atom. The first-order valence-corrected chi connectivity index (χ1v) is 8.28. The number of nitrogens with one attached hydrogen (secondary N) is 1. The Labute approximate surface area is 151 Å². The van der Waals surface area contributed by atoms with Gasteiger partial charge in [-0.05, 0) is 36.8 Å². The highest BCUT2D eigenvalue weighted by Crippen LogP contribution is 2.33. The average Bonchev–Trinajstić information content (AvgIpc) is 3.09. The minimum Gasteiger partial charge on any atom is -0.497 e. The number of esters is 1. The molecule has 0 aliphatic carbocycles. The summed E-state index contributed by atoms with van der Waals surface area (Å²) in [7, 11) is 3.21. The van der Waals surface area contributed by atoms with Gasteiger partial charge in [-0.3, -0.25) is 0 Å². The summed E-state index contributed by atoms with van der Waals surface area (Å²) in [5, 5.41) is 0.846. The number of fused-ring (bicyclic) bond motifs is 1. The first kappa shape index (κ1) is 17.7. The topological polar surface area (TPSA) is 69.8 Å². The predicted molar refractivity (Wildman–Crippen MR) is 98.1 cm³/mol. The van der Waals surface area contributed by atoms with Crippen LogP contribution in [0.3, 0.4) is 0 Å². The molecule has 0 radical (unpaired) electrons. The Balaban J connectivity index is 1.83. The number of methoxy groups -OCH3 is 2. The minimum absolute atomic E-state index is 0.327. The van der Waals surface area contributed by atoms with Gasteiger partial charge in [0.05, 0.1) is 26.3 Å². The van der Waals surface area contributed by atoms with Crippen LogP contribution in [0.1, 0.15) is 23.0 Å². The van der Waals surface area contributed by atoms with Crippen molar-refractivity contribution in [2.24, 2.45) is 0 Å². The van der Waals surface area contributed by atoms with E-state index < -0.39 is 0 Å². The minimum atomic E-state index is -0.386. The molecule has 0 atom stereocenters. The lowest BCUT2D eigenvalue weighted by Crippen LogP contribution is -2.04. The Morgan fingerprint density at radius 1 is 1.00 bits per heavy atom. The van der Waals surface area contributed by atoms with Gasteiger partial charge in [-0.25, -0.2) is 4.79 Å². The third kappa shape index (κ3) is 3.74. The fourth-order valence-electron chi connectivity index (χ4n) is 2.61. The molecule has 1 aromatic heterocycles. The second kappa shape index (κ2) is 7.82. The monoisotopic (exact) mass is 355 g/mol. The zero-order valence-electron chi connectivity index (χ0n) is 15.0. The molecule has 0 bridgehead atoms. The fraction of sp³-hybridized carbons (Fsp3) is 0.250. The zero-order chi connectivity index (χ0) is 18.5. The summed E-state index contributed by atoms with van der Waals surface area (Å²) in [6.45, 7) is 2.49. The maximum Gasteiger partial charge on any atom is 0.354 e. The molecule has 0 saturated heterocycles. The zero-order valence-corrected chi connectivity index (χ0v) is 15.0. The second-order valence-electron chi connectivity index (χ2n) is 5.63. The van der Waals surface area contributed by atoms with Crippen LogP contribution in [-0.2, 0) is 11.3 Å². The molecule has 136 valence electrons. The molecule has 0 amide bonds. The van der Waals surface area contributed by atoms with Crippen molar-refractivity contribution in [2.75, 3.05) is 20.8 Å². The van der Waals surface area contributed by atoms with E-state index in [1.165, 1.54) is 0 Å². The van der Waals surface area contributed by atoms with Gasteiger partial charge in [0, 0.05) is 11.5 Å². The SMILES string of the molecule is CCOC(=O)c1cc2cc(OCc3ccc(OC)cc3)c(OC)cc2[nH]1. The van der Waals surface area contributed by atoms with E-state index in [0.717, 1.165) is 22.2 Å². The molecule has 0 fully saturated rings. The van der Waals surface area contributed by atoms with Crippen LogP contribution in [0.25, 0.3) is 10.9 Å². The number of benzene rings is 2. The Kier molecular flexibility index (Phi) is 5.31. The van der Waals surface area contributed by atoms with Crippen molar-refractivity contribution < 1.29 is 23.7 Å². The van der Waals surface area contributed by atoms with Crippen LogP contribution >= 0.6 is 0 Å². The van der Waals surface area contributed by atoms with Crippen molar-refractivity contribution in [1.29, 1.82) is 0 Å². The van der Waals surface area contributed by atoms with Gasteiger partial charge < -0.3 is 23.9 Å². The van der Waals surface area contributed by atoms with Gasteiger partial charge in [-0.1, -0.05) is 12.1 Å². The average molecular weight is 355 g/mol. The lowest BCUT2D eigenvalue weighted by Gasteiger charge is -2.11. The van der Waals surface area contributed by atoms with Crippen LogP contribution in [0.15, 0.2) is 42.5 Å². The van der Waals surface area contributed by atoms with Crippen molar-refractivity contribution in [3.8, 4) is 17.2 Å². The van der Waals surface area contributed by atoms with Gasteiger partial charge in [-0.15, -0.1) is 0 Å². The predicted octanol–water partition coefficient (Wildman–Crippen LogP) is 3.94. The van der Waals surface area contributed by atoms with E-state index in [1.807, 2.05) is 30.3 Å². The lowest BCUT2D eigenvalue weighted by atomic mass is 10.2. The Hall–Kier alpha value is -3.15. The maximum atomic E-state index is 11.9. The molecule has 0 spiro atoms. The summed E-state index contributed by atoms with van der Waals surface area (Å²) in [4.78, 5) is 14.9. The summed E-state index contributed by atoms with van der Waals surface area (Å²) in [6.07, 6.45) is 0. The number of aromatic nitrogens is 1. The van der Waals surface area contributed by atoms with Gasteiger partial charge in [0.2, 0.25) is 0 Å². The molecule has 26 heavy (non-hydrogen) atoms. The Bertz CT molecular complexity index is 898. The van der Waals surface area contributed by atoms with Gasteiger partial charge in [0.1, 0.15) is 18.1 Å². The van der Waals surface area contributed by atoms with E-state index in [9.17, 15) is 4.79 Å². The number of carbonyl (C=O) groups is 1. The maximum absolute atomic E-state index is 11.9. The summed E-state index contributed by atoms with van der Waals surface area (Å²) >= 11 is 0. The van der Waals surface area contributed by atoms with Crippen LogP contribution in [-0.4, -0.2) is 31.8 Å². The highest BCUT2D eigenvalue weighted by Gasteiger charge is 2.14. The van der Waals surface area contributed by atoms with Crippen molar-refractivity contribution in [1.82, 2.24) is 4.98 Å². The molecule has 1 heterocycles. The molecule has 3 rings (SSSR count). The van der Waals surface area contributed by atoms with Gasteiger partial charge in [0.25, 0.3) is 0 Å². The normalized spacial score (nSPS) is 10.6. The first-order chi connectivity index (χ1) is 12.6. The number of aromatic amines is 1. The quantitative estimate of drug-likeness (QED) is 0.650. The highest BCUT2D eigenvalue weighted by molar-refractivity contribution is 5.95. The Morgan fingerprint density at radius 2 is 1.77 bits per heavy atom. The van der Waals surface area contributed by atoms with Crippen molar-refractivity contribution >= 4 is 16.9 Å². The first-order valence-electron chi connectivity index (χ1n) is 8.28. The summed E-state index contributed by atoms with van der Waals surface area (Å²) in [5.41, 5.74) is 2.19. The number of H-pyrrole nitrogens is 1. The lowest BCUT2D eigenvalue weighted by molar-refractivity contribution is 0.0520. The van der Waals surface area contributed by atoms with Crippen LogP contribution in [0.4, 0.5) is 0 Å². The summed E-state index contributed by atoms with van der Waals surface area (Å²) in [6, 6.07) is 13.1. The smallest absolute Gasteiger partial charge is 0.354 e. The van der Waals surface area contributed by atoms with E-state index in [4.69, 9.17) is 18.9 Å². The third-order valence-corrected chi connectivity index (χ3v) is 3.95. The molecular formula is C20H21NO5. The molecule has 0 aliphatic heterocycles.